The van der Waals surface area contributed by atoms with Gasteiger partial charge in [0.15, 0.2) is 5.11 Å². The average molecular weight is 289 g/mol. The number of hydrogen-bond donors (Lipinski definition) is 2. The van der Waals surface area contributed by atoms with Crippen molar-refractivity contribution in [3.8, 4) is 0 Å². The Morgan fingerprint density at radius 2 is 1.95 bits per heavy atom. The molecule has 8 heteroatoms. The van der Waals surface area contributed by atoms with E-state index in [0.717, 1.165) is 0 Å². The summed E-state index contributed by atoms with van der Waals surface area (Å²) in [5.74, 6) is 0. The second kappa shape index (κ2) is 4.46. The molecule has 0 fully saturated rings. The molecule has 0 aromatic heterocycles. The highest BCUT2D eigenvalue weighted by Crippen LogP contribution is 2.40. The number of hydrogen-bond acceptors (Lipinski definition) is 3. The van der Waals surface area contributed by atoms with Gasteiger partial charge in [-0.3, -0.25) is 0 Å². The van der Waals surface area contributed by atoms with Gasteiger partial charge in [-0.2, -0.15) is 23.3 Å². The van der Waals surface area contributed by atoms with Crippen LogP contribution in [0, 0.1) is 0 Å². The first-order chi connectivity index (χ1) is 8.75. The van der Waals surface area contributed by atoms with Gasteiger partial charge in [0.25, 0.3) is 5.72 Å². The molecular formula is C11H10F3N3OS. The fourth-order valence-corrected chi connectivity index (χ4v) is 1.98. The van der Waals surface area contributed by atoms with Crippen molar-refractivity contribution in [1.82, 2.24) is 5.01 Å². The number of benzene rings is 1. The van der Waals surface area contributed by atoms with Gasteiger partial charge < -0.3 is 10.8 Å². The van der Waals surface area contributed by atoms with Gasteiger partial charge in [0.05, 0.1) is 12.1 Å². The first kappa shape index (κ1) is 13.8. The lowest BCUT2D eigenvalue weighted by atomic mass is 10.0. The molecule has 0 bridgehead atoms. The van der Waals surface area contributed by atoms with Crippen LogP contribution in [-0.2, 0) is 0 Å². The normalized spacial score (nSPS) is 23.4. The molecule has 1 unspecified atom stereocenters. The zero-order valence-corrected chi connectivity index (χ0v) is 10.4. The summed E-state index contributed by atoms with van der Waals surface area (Å²) in [5, 5.41) is 13.1. The van der Waals surface area contributed by atoms with E-state index in [4.69, 9.17) is 5.73 Å². The molecular weight excluding hydrogens is 279 g/mol. The van der Waals surface area contributed by atoms with E-state index in [-0.39, 0.29) is 10.7 Å². The van der Waals surface area contributed by atoms with E-state index in [9.17, 15) is 18.3 Å². The van der Waals surface area contributed by atoms with Crippen molar-refractivity contribution in [2.45, 2.75) is 18.3 Å². The van der Waals surface area contributed by atoms with E-state index >= 15 is 0 Å². The molecule has 0 saturated carbocycles. The van der Waals surface area contributed by atoms with E-state index in [2.05, 4.69) is 17.3 Å². The van der Waals surface area contributed by atoms with Gasteiger partial charge in [-0.1, -0.05) is 30.3 Å². The van der Waals surface area contributed by atoms with Gasteiger partial charge in [0.1, 0.15) is 0 Å². The number of thiocarbonyl (C=S) groups is 1. The minimum atomic E-state index is -4.92. The lowest BCUT2D eigenvalue weighted by molar-refractivity contribution is -0.294. The van der Waals surface area contributed by atoms with Crippen LogP contribution in [-0.4, -0.2) is 32.8 Å². The number of halogens is 3. The van der Waals surface area contributed by atoms with E-state index in [0.29, 0.717) is 5.56 Å². The minimum absolute atomic E-state index is 0.0771. The van der Waals surface area contributed by atoms with E-state index < -0.39 is 23.4 Å². The Morgan fingerprint density at radius 1 is 1.37 bits per heavy atom. The average Bonchev–Trinajstić information content (AvgIpc) is 2.69. The zero-order chi connectivity index (χ0) is 14.3. The molecule has 0 spiro atoms. The largest absolute Gasteiger partial charge is 0.438 e. The van der Waals surface area contributed by atoms with Crippen molar-refractivity contribution >= 4 is 23.0 Å². The summed E-state index contributed by atoms with van der Waals surface area (Å²) in [4.78, 5) is 0. The number of nitrogens with zero attached hydrogens (tertiary/aromatic N) is 2. The van der Waals surface area contributed by atoms with Gasteiger partial charge >= 0.3 is 6.18 Å². The molecule has 1 aromatic carbocycles. The highest BCUT2D eigenvalue weighted by Gasteiger charge is 2.62. The maximum absolute atomic E-state index is 13.0. The molecule has 0 saturated heterocycles. The molecule has 1 aliphatic heterocycles. The lowest BCUT2D eigenvalue weighted by Gasteiger charge is -2.32. The standard InChI is InChI=1S/C11H10F3N3OS/c12-11(13,14)10(18)6-8(16-17(10)9(15)19)7-4-2-1-3-5-7/h1-5,18H,6H2,(H2,15,19). The van der Waals surface area contributed by atoms with E-state index in [1.54, 1.807) is 30.3 Å². The third-order valence-electron chi connectivity index (χ3n) is 2.75. The molecule has 4 nitrogen and oxygen atoms in total. The Hall–Kier alpha value is -1.67. The van der Waals surface area contributed by atoms with Crippen LogP contribution in [0.1, 0.15) is 12.0 Å². The quantitative estimate of drug-likeness (QED) is 0.771. The summed E-state index contributed by atoms with van der Waals surface area (Å²) in [5.41, 5.74) is 2.56. The van der Waals surface area contributed by atoms with Crippen LogP contribution in [0.3, 0.4) is 0 Å². The predicted octanol–water partition coefficient (Wildman–Crippen LogP) is 1.59. The molecule has 2 rings (SSSR count). The fourth-order valence-electron chi connectivity index (χ4n) is 1.79. The molecule has 1 atom stereocenters. The summed E-state index contributed by atoms with van der Waals surface area (Å²) < 4.78 is 38.9. The van der Waals surface area contributed by atoms with Crippen LogP contribution in [0.2, 0.25) is 0 Å². The molecule has 0 aliphatic carbocycles. The molecule has 0 amide bonds. The third kappa shape index (κ3) is 2.28. The number of nitrogens with two attached hydrogens (primary N) is 1. The van der Waals surface area contributed by atoms with Crippen molar-refractivity contribution in [1.29, 1.82) is 0 Å². The van der Waals surface area contributed by atoms with Crippen LogP contribution in [0.15, 0.2) is 35.4 Å². The van der Waals surface area contributed by atoms with Gasteiger partial charge in [-0.05, 0) is 17.8 Å². The number of aliphatic hydroxyl groups is 1. The maximum atomic E-state index is 13.0. The SMILES string of the molecule is NC(=S)N1N=C(c2ccccc2)CC1(O)C(F)(F)F. The van der Waals surface area contributed by atoms with Gasteiger partial charge in [-0.25, -0.2) is 0 Å². The Bertz CT molecular complexity index is 532. The monoisotopic (exact) mass is 289 g/mol. The summed E-state index contributed by atoms with van der Waals surface area (Å²) in [6, 6.07) is 8.24. The molecule has 1 heterocycles. The molecule has 0 radical (unpaired) electrons. The highest BCUT2D eigenvalue weighted by atomic mass is 32.1. The van der Waals surface area contributed by atoms with Gasteiger partial charge in [0.2, 0.25) is 0 Å². The third-order valence-corrected chi connectivity index (χ3v) is 2.93. The Morgan fingerprint density at radius 3 is 2.37 bits per heavy atom. The minimum Gasteiger partial charge on any atom is -0.375 e. The van der Waals surface area contributed by atoms with E-state index in [1.165, 1.54) is 0 Å². The van der Waals surface area contributed by atoms with Crippen LogP contribution >= 0.6 is 12.2 Å². The topological polar surface area (TPSA) is 61.8 Å². The smallest absolute Gasteiger partial charge is 0.375 e. The first-order valence-electron chi connectivity index (χ1n) is 5.27. The van der Waals surface area contributed by atoms with E-state index in [1.807, 2.05) is 0 Å². The zero-order valence-electron chi connectivity index (χ0n) is 9.55. The van der Waals surface area contributed by atoms with Crippen LogP contribution in [0.5, 0.6) is 0 Å². The van der Waals surface area contributed by atoms with Crippen LogP contribution < -0.4 is 5.73 Å². The van der Waals surface area contributed by atoms with Crippen LogP contribution in [0.4, 0.5) is 13.2 Å². The van der Waals surface area contributed by atoms with Crippen molar-refractivity contribution in [3.63, 3.8) is 0 Å². The molecule has 1 aromatic rings. The highest BCUT2D eigenvalue weighted by molar-refractivity contribution is 7.80. The van der Waals surface area contributed by atoms with Crippen molar-refractivity contribution < 1.29 is 18.3 Å². The Balaban J connectivity index is 2.42. The van der Waals surface area contributed by atoms with Gasteiger partial charge in [-0.15, -0.1) is 0 Å². The number of alkyl halides is 3. The fraction of sp³-hybridized carbons (Fsp3) is 0.273. The summed E-state index contributed by atoms with van der Waals surface area (Å²) in [6.45, 7) is 0. The van der Waals surface area contributed by atoms with Crippen molar-refractivity contribution in [3.05, 3.63) is 35.9 Å². The van der Waals surface area contributed by atoms with Crippen LogP contribution in [0.25, 0.3) is 0 Å². The molecule has 1 aliphatic rings. The Labute approximate surface area is 112 Å². The van der Waals surface area contributed by atoms with Crippen molar-refractivity contribution in [2.75, 3.05) is 0 Å². The first-order valence-corrected chi connectivity index (χ1v) is 5.68. The predicted molar refractivity (Wildman–Crippen MR) is 67.2 cm³/mol. The second-order valence-electron chi connectivity index (χ2n) is 4.05. The summed E-state index contributed by atoms with van der Waals surface area (Å²) >= 11 is 4.51. The second-order valence-corrected chi connectivity index (χ2v) is 4.47. The lowest BCUT2D eigenvalue weighted by Crippen LogP contribution is -2.57. The summed E-state index contributed by atoms with van der Waals surface area (Å²) in [7, 11) is 0. The number of hydrazone groups is 1. The summed E-state index contributed by atoms with van der Waals surface area (Å²) in [6.07, 6.45) is -5.64. The maximum Gasteiger partial charge on any atom is 0.438 e. The molecule has 19 heavy (non-hydrogen) atoms. The number of rotatable bonds is 1. The van der Waals surface area contributed by atoms with Gasteiger partial charge in [0, 0.05) is 0 Å². The van der Waals surface area contributed by atoms with Crippen molar-refractivity contribution in [2.24, 2.45) is 10.8 Å². The molecule has 102 valence electrons. The Kier molecular flexibility index (Phi) is 3.23. The molecule has 3 N–H and O–H groups in total.